The molecule has 0 unspecified atom stereocenters. The predicted molar refractivity (Wildman–Crippen MR) is 55.1 cm³/mol. The van der Waals surface area contributed by atoms with Crippen molar-refractivity contribution in [2.75, 3.05) is 0 Å². The molecule has 0 bridgehead atoms. The average molecular weight is 196 g/mol. The van der Waals surface area contributed by atoms with E-state index in [1.54, 1.807) is 13.0 Å². The van der Waals surface area contributed by atoms with Crippen LogP contribution in [0.4, 0.5) is 4.39 Å². The number of hydrogen-bond acceptors (Lipinski definition) is 2. The molecule has 0 radical (unpaired) electrons. The molecular weight excluding hydrogens is 182 g/mol. The average Bonchev–Trinajstić information content (AvgIpc) is 2.20. The molecule has 0 saturated carbocycles. The smallest absolute Gasteiger partial charge is 0.423 e. The van der Waals surface area contributed by atoms with Crippen LogP contribution in [0.2, 0.25) is 0 Å². The van der Waals surface area contributed by atoms with Crippen LogP contribution in [0.5, 0.6) is 0 Å². The van der Waals surface area contributed by atoms with Gasteiger partial charge in [0, 0.05) is 0 Å². The van der Waals surface area contributed by atoms with Gasteiger partial charge in [0.25, 0.3) is 0 Å². The molecule has 2 nitrogen and oxygen atoms in total. The highest BCUT2D eigenvalue weighted by molar-refractivity contribution is 6.51. The van der Waals surface area contributed by atoms with Gasteiger partial charge in [-0.05, 0) is 43.3 Å². The largest absolute Gasteiger partial charge is 0.488 e. The van der Waals surface area contributed by atoms with Gasteiger partial charge in [-0.25, -0.2) is 4.39 Å². The van der Waals surface area contributed by atoms with Gasteiger partial charge in [0.15, 0.2) is 0 Å². The Hall–Kier alpha value is -0.865. The molecule has 0 atom stereocenters. The van der Waals surface area contributed by atoms with Crippen LogP contribution >= 0.6 is 0 Å². The van der Waals surface area contributed by atoms with Gasteiger partial charge in [0.1, 0.15) is 5.83 Å². The van der Waals surface area contributed by atoms with Crippen LogP contribution in [0.3, 0.4) is 0 Å². The normalized spacial score (nSPS) is 22.1. The summed E-state index contributed by atoms with van der Waals surface area (Å²) in [6.07, 6.45) is 6.99. The van der Waals surface area contributed by atoms with E-state index < -0.39 is 7.12 Å². The molecule has 0 saturated heterocycles. The fourth-order valence-corrected chi connectivity index (χ4v) is 1.33. The highest BCUT2D eigenvalue weighted by Crippen LogP contribution is 2.18. The molecule has 76 valence electrons. The van der Waals surface area contributed by atoms with Crippen LogP contribution in [0.15, 0.2) is 35.1 Å². The van der Waals surface area contributed by atoms with Gasteiger partial charge in [-0.3, -0.25) is 0 Å². The molecule has 0 aromatic heterocycles. The molecule has 1 rings (SSSR count). The summed E-state index contributed by atoms with van der Waals surface area (Å²) in [7, 11) is -1.52. The van der Waals surface area contributed by atoms with E-state index in [-0.39, 0.29) is 5.83 Å². The zero-order valence-corrected chi connectivity index (χ0v) is 8.20. The first-order chi connectivity index (χ1) is 6.61. The number of halogens is 1. The van der Waals surface area contributed by atoms with Crippen LogP contribution in [0.25, 0.3) is 0 Å². The Morgan fingerprint density at radius 2 is 1.93 bits per heavy atom. The van der Waals surface area contributed by atoms with E-state index in [1.165, 1.54) is 12.2 Å². The van der Waals surface area contributed by atoms with Gasteiger partial charge in [0.05, 0.1) is 0 Å². The lowest BCUT2D eigenvalue weighted by Crippen LogP contribution is -2.14. The van der Waals surface area contributed by atoms with E-state index in [4.69, 9.17) is 10.0 Å². The molecule has 0 fully saturated rings. The molecule has 0 aliphatic heterocycles. The summed E-state index contributed by atoms with van der Waals surface area (Å²) in [5, 5.41) is 18.0. The molecule has 0 aromatic carbocycles. The SMILES string of the molecule is CC1=C/C(B(O)O)=C\CCCC=C1F. The number of allylic oxidation sites excluding steroid dienone is 6. The Bertz CT molecular complexity index is 292. The first kappa shape index (κ1) is 11.2. The van der Waals surface area contributed by atoms with Crippen LogP contribution in [0, 0.1) is 0 Å². The van der Waals surface area contributed by atoms with E-state index in [9.17, 15) is 4.39 Å². The molecular formula is C10H14BFO2. The fraction of sp³-hybridized carbons (Fsp3) is 0.400. The Labute approximate surface area is 83.6 Å². The lowest BCUT2D eigenvalue weighted by atomic mass is 9.77. The van der Waals surface area contributed by atoms with Gasteiger partial charge < -0.3 is 10.0 Å². The van der Waals surface area contributed by atoms with E-state index in [2.05, 4.69) is 0 Å². The van der Waals surface area contributed by atoms with Crippen molar-refractivity contribution in [1.29, 1.82) is 0 Å². The van der Waals surface area contributed by atoms with Gasteiger partial charge in [0.2, 0.25) is 0 Å². The highest BCUT2D eigenvalue weighted by atomic mass is 19.1. The standard InChI is InChI=1S/C10H14BFO2/c1-8-7-9(11(13)14)5-3-2-4-6-10(8)12/h5-7,13-14H,2-4H2,1H3/b8-7?,9-5+,10-6?. The first-order valence-corrected chi connectivity index (χ1v) is 4.72. The second kappa shape index (κ2) is 5.12. The minimum atomic E-state index is -1.52. The van der Waals surface area contributed by atoms with Gasteiger partial charge in [-0.1, -0.05) is 12.2 Å². The summed E-state index contributed by atoms with van der Waals surface area (Å²) >= 11 is 0. The Kier molecular flexibility index (Phi) is 4.10. The fourth-order valence-electron chi connectivity index (χ4n) is 1.33. The van der Waals surface area contributed by atoms with Gasteiger partial charge in [-0.15, -0.1) is 0 Å². The Morgan fingerprint density at radius 3 is 2.57 bits per heavy atom. The van der Waals surface area contributed by atoms with Crippen molar-refractivity contribution in [1.82, 2.24) is 0 Å². The van der Waals surface area contributed by atoms with Gasteiger partial charge in [-0.2, -0.15) is 0 Å². The summed E-state index contributed by atoms with van der Waals surface area (Å²) in [6, 6.07) is 0. The van der Waals surface area contributed by atoms with E-state index in [1.807, 2.05) is 0 Å². The Morgan fingerprint density at radius 1 is 1.29 bits per heavy atom. The Balaban J connectivity index is 2.95. The second-order valence-corrected chi connectivity index (χ2v) is 3.39. The van der Waals surface area contributed by atoms with E-state index in [0.717, 1.165) is 12.8 Å². The first-order valence-electron chi connectivity index (χ1n) is 4.72. The topological polar surface area (TPSA) is 40.5 Å². The van der Waals surface area contributed by atoms with Crippen molar-refractivity contribution in [3.05, 3.63) is 35.1 Å². The molecule has 0 aromatic rings. The highest BCUT2D eigenvalue weighted by Gasteiger charge is 2.13. The van der Waals surface area contributed by atoms with Crippen molar-refractivity contribution in [3.8, 4) is 0 Å². The summed E-state index contributed by atoms with van der Waals surface area (Å²) in [4.78, 5) is 0. The summed E-state index contributed by atoms with van der Waals surface area (Å²) < 4.78 is 13.2. The lowest BCUT2D eigenvalue weighted by Gasteiger charge is -2.01. The van der Waals surface area contributed by atoms with Crippen LogP contribution in [-0.2, 0) is 0 Å². The third-order valence-corrected chi connectivity index (χ3v) is 2.17. The van der Waals surface area contributed by atoms with Crippen molar-refractivity contribution < 1.29 is 14.4 Å². The van der Waals surface area contributed by atoms with Crippen molar-refractivity contribution in [2.24, 2.45) is 0 Å². The summed E-state index contributed by atoms with van der Waals surface area (Å²) in [6.45, 7) is 1.62. The molecule has 14 heavy (non-hydrogen) atoms. The molecule has 1 aliphatic carbocycles. The third kappa shape index (κ3) is 3.12. The van der Waals surface area contributed by atoms with Crippen molar-refractivity contribution in [3.63, 3.8) is 0 Å². The zero-order chi connectivity index (χ0) is 10.6. The molecule has 4 heteroatoms. The minimum Gasteiger partial charge on any atom is -0.423 e. The monoisotopic (exact) mass is 196 g/mol. The van der Waals surface area contributed by atoms with Crippen LogP contribution in [-0.4, -0.2) is 17.2 Å². The van der Waals surface area contributed by atoms with Crippen molar-refractivity contribution in [2.45, 2.75) is 26.2 Å². The third-order valence-electron chi connectivity index (χ3n) is 2.17. The maximum atomic E-state index is 13.2. The molecule has 0 amide bonds. The second-order valence-electron chi connectivity index (χ2n) is 3.39. The lowest BCUT2D eigenvalue weighted by molar-refractivity contribution is 0.420. The molecule has 0 spiro atoms. The van der Waals surface area contributed by atoms with Crippen LogP contribution < -0.4 is 0 Å². The predicted octanol–water partition coefficient (Wildman–Crippen LogP) is 1.91. The van der Waals surface area contributed by atoms with Gasteiger partial charge >= 0.3 is 7.12 Å². The molecule has 0 heterocycles. The maximum absolute atomic E-state index is 13.2. The molecule has 2 N–H and O–H groups in total. The zero-order valence-electron chi connectivity index (χ0n) is 8.20. The van der Waals surface area contributed by atoms with E-state index >= 15 is 0 Å². The maximum Gasteiger partial charge on any atom is 0.488 e. The number of hydrogen-bond donors (Lipinski definition) is 2. The van der Waals surface area contributed by atoms with E-state index in [0.29, 0.717) is 17.5 Å². The summed E-state index contributed by atoms with van der Waals surface area (Å²) in [5.41, 5.74) is 0.805. The molecule has 1 aliphatic rings. The minimum absolute atomic E-state index is 0.279. The van der Waals surface area contributed by atoms with Crippen LogP contribution in [0.1, 0.15) is 26.2 Å². The quantitative estimate of drug-likeness (QED) is 0.628. The van der Waals surface area contributed by atoms with Crippen molar-refractivity contribution >= 4 is 7.12 Å². The number of rotatable bonds is 1. The summed E-state index contributed by atoms with van der Waals surface area (Å²) in [5.74, 6) is -0.279.